The topological polar surface area (TPSA) is 84.8 Å². The largest absolute Gasteiger partial charge is 0.377 e. The molecule has 0 aliphatic carbocycles. The van der Waals surface area contributed by atoms with Gasteiger partial charge < -0.3 is 10.1 Å². The summed E-state index contributed by atoms with van der Waals surface area (Å²) in [6.45, 7) is 9.83. The third-order valence-corrected chi connectivity index (χ3v) is 4.10. The molecule has 2 N–H and O–H groups in total. The van der Waals surface area contributed by atoms with Crippen molar-refractivity contribution in [3.8, 4) is 0 Å². The summed E-state index contributed by atoms with van der Waals surface area (Å²) in [5.74, 6) is 0.430. The zero-order chi connectivity index (χ0) is 18.7. The van der Waals surface area contributed by atoms with Gasteiger partial charge in [-0.25, -0.2) is 4.68 Å². The van der Waals surface area contributed by atoms with Gasteiger partial charge in [-0.2, -0.15) is 10.1 Å². The number of ether oxygens (including phenoxy) is 1. The Hall–Kier alpha value is -2.67. The van der Waals surface area contributed by atoms with Crippen LogP contribution in [0.1, 0.15) is 38.8 Å². The molecule has 3 aromatic rings. The first-order chi connectivity index (χ1) is 12.4. The van der Waals surface area contributed by atoms with E-state index in [-0.39, 0.29) is 11.1 Å². The lowest BCUT2D eigenvalue weighted by Crippen LogP contribution is -2.24. The van der Waals surface area contributed by atoms with Crippen molar-refractivity contribution in [2.75, 3.05) is 11.9 Å². The van der Waals surface area contributed by atoms with Crippen LogP contribution in [0.25, 0.3) is 11.0 Å². The molecule has 26 heavy (non-hydrogen) atoms. The maximum Gasteiger partial charge on any atom is 0.263 e. The average Bonchev–Trinajstić information content (AvgIpc) is 3.03. The number of H-pyrrole nitrogens is 1. The second-order valence-corrected chi connectivity index (χ2v) is 7.14. The molecular formula is C19H25N5O2. The van der Waals surface area contributed by atoms with Gasteiger partial charge >= 0.3 is 0 Å². The predicted molar refractivity (Wildman–Crippen MR) is 102 cm³/mol. The number of hydrogen-bond donors (Lipinski definition) is 2. The number of nitrogens with one attached hydrogen (secondary N) is 2. The van der Waals surface area contributed by atoms with Crippen LogP contribution in [-0.2, 0) is 23.4 Å². The molecule has 0 fully saturated rings. The molecule has 0 aliphatic heterocycles. The SMILES string of the molecule is CCOCc1ccccc1CNc1nc2c(cnn2C(C)(C)C)c(=O)[nH]1. The second kappa shape index (κ2) is 7.29. The first kappa shape index (κ1) is 18.1. The van der Waals surface area contributed by atoms with Crippen LogP contribution in [0.2, 0.25) is 0 Å². The quantitative estimate of drug-likeness (QED) is 0.710. The van der Waals surface area contributed by atoms with E-state index in [0.29, 0.717) is 36.7 Å². The van der Waals surface area contributed by atoms with Gasteiger partial charge in [0.25, 0.3) is 5.56 Å². The third-order valence-electron chi connectivity index (χ3n) is 4.10. The predicted octanol–water partition coefficient (Wildman–Crippen LogP) is 3.02. The van der Waals surface area contributed by atoms with E-state index in [0.717, 1.165) is 11.1 Å². The van der Waals surface area contributed by atoms with Crippen LogP contribution in [0.3, 0.4) is 0 Å². The fraction of sp³-hybridized carbons (Fsp3) is 0.421. The van der Waals surface area contributed by atoms with Crippen LogP contribution in [0.4, 0.5) is 5.95 Å². The van der Waals surface area contributed by atoms with Crippen molar-refractivity contribution in [3.63, 3.8) is 0 Å². The minimum atomic E-state index is -0.260. The van der Waals surface area contributed by atoms with Gasteiger partial charge in [-0.15, -0.1) is 0 Å². The highest BCUT2D eigenvalue weighted by molar-refractivity contribution is 5.74. The van der Waals surface area contributed by atoms with Crippen LogP contribution in [0.15, 0.2) is 35.3 Å². The molecule has 138 valence electrons. The van der Waals surface area contributed by atoms with Crippen LogP contribution >= 0.6 is 0 Å². The van der Waals surface area contributed by atoms with Gasteiger partial charge in [-0.05, 0) is 38.8 Å². The van der Waals surface area contributed by atoms with E-state index >= 15 is 0 Å². The van der Waals surface area contributed by atoms with Gasteiger partial charge in [0.2, 0.25) is 5.95 Å². The first-order valence-corrected chi connectivity index (χ1v) is 8.77. The summed E-state index contributed by atoms with van der Waals surface area (Å²) < 4.78 is 7.29. The monoisotopic (exact) mass is 355 g/mol. The van der Waals surface area contributed by atoms with Crippen LogP contribution < -0.4 is 10.9 Å². The maximum atomic E-state index is 12.4. The molecule has 0 saturated carbocycles. The fourth-order valence-corrected chi connectivity index (χ4v) is 2.75. The Morgan fingerprint density at radius 2 is 1.96 bits per heavy atom. The molecule has 0 spiro atoms. The van der Waals surface area contributed by atoms with E-state index in [4.69, 9.17) is 4.74 Å². The molecule has 1 aromatic carbocycles. The molecule has 0 atom stereocenters. The minimum absolute atomic E-state index is 0.199. The number of anilines is 1. The van der Waals surface area contributed by atoms with Gasteiger partial charge in [-0.1, -0.05) is 24.3 Å². The minimum Gasteiger partial charge on any atom is -0.377 e. The van der Waals surface area contributed by atoms with Crippen molar-refractivity contribution in [2.45, 2.75) is 46.4 Å². The van der Waals surface area contributed by atoms with E-state index in [2.05, 4.69) is 20.4 Å². The summed E-state index contributed by atoms with van der Waals surface area (Å²) in [7, 11) is 0. The molecule has 0 radical (unpaired) electrons. The number of aromatic nitrogens is 4. The van der Waals surface area contributed by atoms with Gasteiger partial charge in [0.05, 0.1) is 18.3 Å². The smallest absolute Gasteiger partial charge is 0.263 e. The summed E-state index contributed by atoms with van der Waals surface area (Å²) in [4.78, 5) is 19.7. The molecule has 0 aliphatic rings. The Kier molecular flexibility index (Phi) is 5.08. The Balaban J connectivity index is 1.87. The molecule has 0 amide bonds. The third kappa shape index (κ3) is 3.77. The number of aromatic amines is 1. The van der Waals surface area contributed by atoms with Gasteiger partial charge in [0.1, 0.15) is 5.39 Å². The van der Waals surface area contributed by atoms with Gasteiger partial charge in [0.15, 0.2) is 5.65 Å². The van der Waals surface area contributed by atoms with Crippen molar-refractivity contribution in [2.24, 2.45) is 0 Å². The van der Waals surface area contributed by atoms with Gasteiger partial charge in [0, 0.05) is 13.2 Å². The molecule has 7 nitrogen and oxygen atoms in total. The molecule has 2 aromatic heterocycles. The lowest BCUT2D eigenvalue weighted by molar-refractivity contribution is 0.133. The Bertz CT molecular complexity index is 952. The standard InChI is InChI=1S/C19H25N5O2/c1-5-26-12-14-9-7-6-8-13(14)10-20-18-22-16-15(17(25)23-18)11-21-24(16)19(2,3)4/h6-9,11H,5,10,12H2,1-4H3,(H2,20,22,23,25). The van der Waals surface area contributed by atoms with E-state index in [1.54, 1.807) is 10.9 Å². The molecule has 3 rings (SSSR count). The van der Waals surface area contributed by atoms with Crippen molar-refractivity contribution in [1.82, 2.24) is 19.7 Å². The second-order valence-electron chi connectivity index (χ2n) is 7.14. The molecule has 2 heterocycles. The summed E-state index contributed by atoms with van der Waals surface area (Å²) in [5.41, 5.74) is 2.34. The normalized spacial score (nSPS) is 11.8. The highest BCUT2D eigenvalue weighted by Gasteiger charge is 2.19. The average molecular weight is 355 g/mol. The lowest BCUT2D eigenvalue weighted by atomic mass is 10.1. The van der Waals surface area contributed by atoms with E-state index in [1.807, 2.05) is 52.0 Å². The Morgan fingerprint density at radius 3 is 2.65 bits per heavy atom. The van der Waals surface area contributed by atoms with Crippen LogP contribution in [0.5, 0.6) is 0 Å². The number of rotatable bonds is 6. The van der Waals surface area contributed by atoms with E-state index in [1.165, 1.54) is 0 Å². The maximum absolute atomic E-state index is 12.4. The highest BCUT2D eigenvalue weighted by atomic mass is 16.5. The van der Waals surface area contributed by atoms with Crippen molar-refractivity contribution >= 4 is 17.0 Å². The molecule has 0 unspecified atom stereocenters. The molecule has 0 saturated heterocycles. The molecule has 7 heteroatoms. The number of benzene rings is 1. The zero-order valence-corrected chi connectivity index (χ0v) is 15.7. The summed E-state index contributed by atoms with van der Waals surface area (Å²) in [5, 5.41) is 8.03. The van der Waals surface area contributed by atoms with Crippen molar-refractivity contribution in [3.05, 3.63) is 51.9 Å². The number of nitrogens with zero attached hydrogens (tertiary/aromatic N) is 3. The first-order valence-electron chi connectivity index (χ1n) is 8.77. The Morgan fingerprint density at radius 1 is 1.23 bits per heavy atom. The summed E-state index contributed by atoms with van der Waals surface area (Å²) in [6.07, 6.45) is 1.56. The number of hydrogen-bond acceptors (Lipinski definition) is 5. The van der Waals surface area contributed by atoms with Crippen LogP contribution in [0, 0.1) is 0 Å². The molecule has 0 bridgehead atoms. The highest BCUT2D eigenvalue weighted by Crippen LogP contribution is 2.19. The van der Waals surface area contributed by atoms with E-state index in [9.17, 15) is 4.79 Å². The zero-order valence-electron chi connectivity index (χ0n) is 15.7. The lowest BCUT2D eigenvalue weighted by Gasteiger charge is -2.19. The fourth-order valence-electron chi connectivity index (χ4n) is 2.75. The van der Waals surface area contributed by atoms with Gasteiger partial charge in [-0.3, -0.25) is 9.78 Å². The Labute approximate surface area is 152 Å². The number of fused-ring (bicyclic) bond motifs is 1. The van der Waals surface area contributed by atoms with Crippen LogP contribution in [-0.4, -0.2) is 26.4 Å². The van der Waals surface area contributed by atoms with Crippen molar-refractivity contribution < 1.29 is 4.74 Å². The molecular weight excluding hydrogens is 330 g/mol. The summed E-state index contributed by atoms with van der Waals surface area (Å²) in [6, 6.07) is 8.06. The van der Waals surface area contributed by atoms with E-state index < -0.39 is 0 Å². The summed E-state index contributed by atoms with van der Waals surface area (Å²) >= 11 is 0. The van der Waals surface area contributed by atoms with Crippen molar-refractivity contribution in [1.29, 1.82) is 0 Å².